The molecule has 0 bridgehead atoms. The molecule has 1 aromatic carbocycles. The molecule has 8 heteroatoms. The molecule has 0 saturated carbocycles. The Labute approximate surface area is 122 Å². The Morgan fingerprint density at radius 1 is 1.52 bits per heavy atom. The van der Waals surface area contributed by atoms with Crippen LogP contribution < -0.4 is 11.1 Å². The van der Waals surface area contributed by atoms with Crippen molar-refractivity contribution in [3.63, 3.8) is 0 Å². The second kappa shape index (κ2) is 5.88. The molecule has 1 heterocycles. The molecule has 1 fully saturated rings. The van der Waals surface area contributed by atoms with Crippen LogP contribution in [0.4, 0.5) is 15.8 Å². The molecule has 1 saturated heterocycles. The molecule has 0 amide bonds. The van der Waals surface area contributed by atoms with Gasteiger partial charge in [0.25, 0.3) is 0 Å². The van der Waals surface area contributed by atoms with Gasteiger partial charge in [0.05, 0.1) is 29.9 Å². The standard InChI is InChI=1S/C13H17FN2O4S/c1-20-13(17)9-4-12(10(14)5-11(9)15)16-6-8-2-3-21(18,19)7-8/h4-5,8,16H,2-3,6-7,15H2,1H3. The summed E-state index contributed by atoms with van der Waals surface area (Å²) in [6.45, 7) is 0.320. The molecule has 0 spiro atoms. The van der Waals surface area contributed by atoms with Gasteiger partial charge in [0.1, 0.15) is 5.82 Å². The number of nitrogens with one attached hydrogen (secondary N) is 1. The third kappa shape index (κ3) is 3.63. The smallest absolute Gasteiger partial charge is 0.340 e. The van der Waals surface area contributed by atoms with Crippen LogP contribution in [0.2, 0.25) is 0 Å². The van der Waals surface area contributed by atoms with Gasteiger partial charge >= 0.3 is 5.97 Å². The number of carbonyl (C=O) groups is 1. The highest BCUT2D eigenvalue weighted by Gasteiger charge is 2.27. The molecule has 0 aromatic heterocycles. The van der Waals surface area contributed by atoms with Gasteiger partial charge in [-0.2, -0.15) is 0 Å². The molecular formula is C13H17FN2O4S. The van der Waals surface area contributed by atoms with Gasteiger partial charge in [-0.05, 0) is 24.5 Å². The number of sulfone groups is 1. The Kier molecular flexibility index (Phi) is 4.36. The summed E-state index contributed by atoms with van der Waals surface area (Å²) in [5.74, 6) is -1.05. The number of ether oxygens (including phenoxy) is 1. The molecule has 1 atom stereocenters. The monoisotopic (exact) mass is 316 g/mol. The molecule has 2 rings (SSSR count). The van der Waals surface area contributed by atoms with Gasteiger partial charge in [-0.1, -0.05) is 0 Å². The summed E-state index contributed by atoms with van der Waals surface area (Å²) in [5.41, 5.74) is 5.74. The minimum Gasteiger partial charge on any atom is -0.465 e. The minimum absolute atomic E-state index is 0.00616. The van der Waals surface area contributed by atoms with Gasteiger partial charge in [0, 0.05) is 12.2 Å². The maximum absolute atomic E-state index is 13.8. The Morgan fingerprint density at radius 3 is 2.81 bits per heavy atom. The van der Waals surface area contributed by atoms with Gasteiger partial charge in [-0.15, -0.1) is 0 Å². The summed E-state index contributed by atoms with van der Waals surface area (Å²) >= 11 is 0. The Morgan fingerprint density at radius 2 is 2.24 bits per heavy atom. The van der Waals surface area contributed by atoms with Crippen LogP contribution in [0.1, 0.15) is 16.8 Å². The molecule has 1 aliphatic heterocycles. The van der Waals surface area contributed by atoms with Crippen molar-refractivity contribution in [3.8, 4) is 0 Å². The number of hydrogen-bond donors (Lipinski definition) is 2. The lowest BCUT2D eigenvalue weighted by atomic mass is 10.1. The van der Waals surface area contributed by atoms with Crippen LogP contribution in [0, 0.1) is 11.7 Å². The normalized spacial score (nSPS) is 20.2. The Balaban J connectivity index is 2.11. The van der Waals surface area contributed by atoms with E-state index in [0.29, 0.717) is 13.0 Å². The van der Waals surface area contributed by atoms with E-state index >= 15 is 0 Å². The average molecular weight is 316 g/mol. The summed E-state index contributed by atoms with van der Waals surface area (Å²) in [6, 6.07) is 2.32. The van der Waals surface area contributed by atoms with Crippen molar-refractivity contribution < 1.29 is 22.3 Å². The number of carbonyl (C=O) groups excluding carboxylic acids is 1. The van der Waals surface area contributed by atoms with Gasteiger partial charge in [-0.25, -0.2) is 17.6 Å². The van der Waals surface area contributed by atoms with Gasteiger partial charge in [-0.3, -0.25) is 0 Å². The number of methoxy groups -OCH3 is 1. The summed E-state index contributed by atoms with van der Waals surface area (Å²) in [4.78, 5) is 11.5. The van der Waals surface area contributed by atoms with Gasteiger partial charge in [0.15, 0.2) is 9.84 Å². The molecule has 3 N–H and O–H groups in total. The number of rotatable bonds is 4. The van der Waals surface area contributed by atoms with E-state index in [0.717, 1.165) is 6.07 Å². The average Bonchev–Trinajstić information content (AvgIpc) is 2.76. The topological polar surface area (TPSA) is 98.5 Å². The van der Waals surface area contributed by atoms with E-state index in [1.165, 1.54) is 13.2 Å². The first-order valence-electron chi connectivity index (χ1n) is 6.44. The predicted octanol–water partition coefficient (Wildman–Crippen LogP) is 1.04. The van der Waals surface area contributed by atoms with E-state index in [4.69, 9.17) is 5.73 Å². The van der Waals surface area contributed by atoms with Crippen molar-refractivity contribution in [2.24, 2.45) is 5.92 Å². The summed E-state index contributed by atoms with van der Waals surface area (Å²) in [7, 11) is -1.76. The van der Waals surface area contributed by atoms with E-state index < -0.39 is 21.6 Å². The van der Waals surface area contributed by atoms with Crippen LogP contribution in [0.25, 0.3) is 0 Å². The number of nitrogens with two attached hydrogens (primary N) is 1. The second-order valence-corrected chi connectivity index (χ2v) is 7.29. The quantitative estimate of drug-likeness (QED) is 0.636. The largest absolute Gasteiger partial charge is 0.465 e. The van der Waals surface area contributed by atoms with Crippen molar-refractivity contribution in [3.05, 3.63) is 23.5 Å². The number of esters is 1. The van der Waals surface area contributed by atoms with Crippen molar-refractivity contribution >= 4 is 27.2 Å². The van der Waals surface area contributed by atoms with E-state index in [1.54, 1.807) is 0 Å². The van der Waals surface area contributed by atoms with Crippen LogP contribution >= 0.6 is 0 Å². The fourth-order valence-electron chi connectivity index (χ4n) is 2.30. The van der Waals surface area contributed by atoms with Gasteiger partial charge in [0.2, 0.25) is 0 Å². The lowest BCUT2D eigenvalue weighted by Gasteiger charge is -2.13. The first kappa shape index (κ1) is 15.6. The molecule has 1 aromatic rings. The Bertz CT molecular complexity index is 660. The number of hydrogen-bond acceptors (Lipinski definition) is 6. The fraction of sp³-hybridized carbons (Fsp3) is 0.462. The maximum Gasteiger partial charge on any atom is 0.340 e. The fourth-order valence-corrected chi connectivity index (χ4v) is 4.16. The second-order valence-electron chi connectivity index (χ2n) is 5.06. The van der Waals surface area contributed by atoms with Crippen molar-refractivity contribution in [1.82, 2.24) is 0 Å². The number of benzene rings is 1. The Hall–Kier alpha value is -1.83. The first-order chi connectivity index (χ1) is 9.82. The highest BCUT2D eigenvalue weighted by Crippen LogP contribution is 2.24. The molecule has 116 valence electrons. The van der Waals surface area contributed by atoms with Crippen molar-refractivity contribution in [2.45, 2.75) is 6.42 Å². The number of anilines is 2. The molecule has 21 heavy (non-hydrogen) atoms. The molecule has 1 aliphatic rings. The minimum atomic E-state index is -2.97. The maximum atomic E-state index is 13.8. The number of halogens is 1. The van der Waals surface area contributed by atoms with E-state index in [-0.39, 0.29) is 34.4 Å². The molecule has 6 nitrogen and oxygen atoms in total. The van der Waals surface area contributed by atoms with E-state index in [2.05, 4.69) is 10.1 Å². The van der Waals surface area contributed by atoms with E-state index in [1.807, 2.05) is 0 Å². The first-order valence-corrected chi connectivity index (χ1v) is 8.26. The lowest BCUT2D eigenvalue weighted by molar-refractivity contribution is 0.0602. The van der Waals surface area contributed by atoms with Crippen LogP contribution in [0.5, 0.6) is 0 Å². The van der Waals surface area contributed by atoms with Crippen molar-refractivity contribution in [1.29, 1.82) is 0 Å². The van der Waals surface area contributed by atoms with Crippen molar-refractivity contribution in [2.75, 3.05) is 36.2 Å². The molecule has 0 aliphatic carbocycles. The highest BCUT2D eigenvalue weighted by molar-refractivity contribution is 7.91. The van der Waals surface area contributed by atoms with Crippen LogP contribution in [0.15, 0.2) is 12.1 Å². The molecule has 0 radical (unpaired) electrons. The van der Waals surface area contributed by atoms with Crippen LogP contribution in [-0.2, 0) is 14.6 Å². The zero-order chi connectivity index (χ0) is 15.6. The predicted molar refractivity (Wildman–Crippen MR) is 77.4 cm³/mol. The van der Waals surface area contributed by atoms with Crippen LogP contribution in [0.3, 0.4) is 0 Å². The number of nitrogen functional groups attached to an aromatic ring is 1. The zero-order valence-electron chi connectivity index (χ0n) is 11.6. The van der Waals surface area contributed by atoms with Crippen LogP contribution in [-0.4, -0.2) is 39.5 Å². The summed E-state index contributed by atoms with van der Waals surface area (Å²) in [6.07, 6.45) is 0.551. The zero-order valence-corrected chi connectivity index (χ0v) is 12.4. The van der Waals surface area contributed by atoms with Gasteiger partial charge < -0.3 is 15.8 Å². The molecular weight excluding hydrogens is 299 g/mol. The summed E-state index contributed by atoms with van der Waals surface area (Å²) < 4.78 is 41.1. The lowest BCUT2D eigenvalue weighted by Crippen LogP contribution is -2.17. The third-order valence-electron chi connectivity index (χ3n) is 3.45. The van der Waals surface area contributed by atoms with E-state index in [9.17, 15) is 17.6 Å². The SMILES string of the molecule is COC(=O)c1cc(NCC2CCS(=O)(=O)C2)c(F)cc1N. The summed E-state index contributed by atoms with van der Waals surface area (Å²) in [5, 5.41) is 2.84. The highest BCUT2D eigenvalue weighted by atomic mass is 32.2. The third-order valence-corrected chi connectivity index (χ3v) is 5.29. The molecule has 1 unspecified atom stereocenters.